The number of aryl methyl sites for hydroxylation is 1. The number of nitrogens with zero attached hydrogens (tertiary/aromatic N) is 2. The highest BCUT2D eigenvalue weighted by atomic mass is 16.5. The number of rotatable bonds is 8. The van der Waals surface area contributed by atoms with Crippen LogP contribution < -0.4 is 19.3 Å². The number of anilines is 1. The molecule has 1 aromatic heterocycles. The van der Waals surface area contributed by atoms with E-state index in [1.807, 2.05) is 61.5 Å². The van der Waals surface area contributed by atoms with Crippen LogP contribution in [0.15, 0.2) is 59.1 Å². The minimum atomic E-state index is 0.691. The second-order valence-electron chi connectivity index (χ2n) is 7.75. The lowest BCUT2D eigenvalue weighted by Crippen LogP contribution is -3.15. The van der Waals surface area contributed by atoms with Gasteiger partial charge in [0.2, 0.25) is 0 Å². The number of quaternary nitrogens is 1. The number of hydrogen-bond donors (Lipinski definition) is 1. The molecule has 0 aliphatic carbocycles. The maximum atomic E-state index is 6.13. The molecule has 4 rings (SSSR count). The van der Waals surface area contributed by atoms with Gasteiger partial charge in [-0.3, -0.25) is 0 Å². The average Bonchev–Trinajstić information content (AvgIpc) is 3.24. The van der Waals surface area contributed by atoms with Crippen LogP contribution in [0.4, 0.5) is 5.69 Å². The number of aromatic nitrogens is 1. The molecular weight excluding hydrogens is 390 g/mol. The largest absolute Gasteiger partial charge is 0.495 e. The van der Waals surface area contributed by atoms with Crippen molar-refractivity contribution in [3.05, 3.63) is 71.6 Å². The van der Waals surface area contributed by atoms with Gasteiger partial charge in [-0.15, -0.1) is 0 Å². The van der Waals surface area contributed by atoms with E-state index < -0.39 is 0 Å². The van der Waals surface area contributed by atoms with Crippen molar-refractivity contribution in [2.45, 2.75) is 6.92 Å². The number of methoxy groups -OCH3 is 1. The minimum Gasteiger partial charge on any atom is -0.495 e. The van der Waals surface area contributed by atoms with Gasteiger partial charge in [0.05, 0.1) is 44.7 Å². The number of benzene rings is 2. The van der Waals surface area contributed by atoms with Crippen LogP contribution in [0.2, 0.25) is 0 Å². The van der Waals surface area contributed by atoms with Gasteiger partial charge in [-0.1, -0.05) is 35.5 Å². The zero-order valence-corrected chi connectivity index (χ0v) is 18.2. The third-order valence-corrected chi connectivity index (χ3v) is 5.60. The number of piperazine rings is 1. The summed E-state index contributed by atoms with van der Waals surface area (Å²) >= 11 is 0. The lowest BCUT2D eigenvalue weighted by atomic mass is 10.2. The fraction of sp³-hybridized carbons (Fsp3) is 0.320. The molecule has 1 aliphatic heterocycles. The first-order chi connectivity index (χ1) is 15.2. The van der Waals surface area contributed by atoms with Crippen molar-refractivity contribution in [3.8, 4) is 11.5 Å². The number of hydrogen-bond acceptors (Lipinski definition) is 5. The van der Waals surface area contributed by atoms with E-state index in [0.29, 0.717) is 6.61 Å². The molecule has 1 aliphatic rings. The van der Waals surface area contributed by atoms with E-state index >= 15 is 0 Å². The van der Waals surface area contributed by atoms with E-state index in [-0.39, 0.29) is 0 Å². The molecule has 6 heteroatoms. The lowest BCUT2D eigenvalue weighted by Gasteiger charge is -2.34. The highest BCUT2D eigenvalue weighted by molar-refractivity contribution is 5.70. The summed E-state index contributed by atoms with van der Waals surface area (Å²) in [7, 11) is 1.73. The van der Waals surface area contributed by atoms with Crippen LogP contribution in [-0.2, 0) is 0 Å². The molecule has 6 nitrogen and oxygen atoms in total. The Morgan fingerprint density at radius 3 is 2.52 bits per heavy atom. The predicted molar refractivity (Wildman–Crippen MR) is 123 cm³/mol. The Bertz CT molecular complexity index is 1010. The van der Waals surface area contributed by atoms with Crippen molar-refractivity contribution in [1.29, 1.82) is 0 Å². The molecule has 2 heterocycles. The SMILES string of the molecule is COc1ccccc1N1CC[NH+](CCOc2ccccc2/C=C/c2cc(C)no2)CC1. The van der Waals surface area contributed by atoms with Gasteiger partial charge in [-0.05, 0) is 37.3 Å². The summed E-state index contributed by atoms with van der Waals surface area (Å²) < 4.78 is 16.9. The molecule has 0 saturated carbocycles. The minimum absolute atomic E-state index is 0.691. The number of ether oxygens (including phenoxy) is 2. The first-order valence-corrected chi connectivity index (χ1v) is 10.8. The van der Waals surface area contributed by atoms with Crippen LogP contribution in [0, 0.1) is 6.92 Å². The standard InChI is InChI=1S/C25H29N3O3/c1-20-19-22(31-26-20)12-11-21-7-3-5-9-24(21)30-18-17-27-13-15-28(16-14-27)23-8-4-6-10-25(23)29-2/h3-12,19H,13-18H2,1-2H3/p+1/b12-11+. The Morgan fingerprint density at radius 2 is 1.77 bits per heavy atom. The first-order valence-electron chi connectivity index (χ1n) is 10.8. The summed E-state index contributed by atoms with van der Waals surface area (Å²) in [6.45, 7) is 7.81. The normalized spacial score (nSPS) is 14.8. The second-order valence-corrected chi connectivity index (χ2v) is 7.75. The monoisotopic (exact) mass is 420 g/mol. The van der Waals surface area contributed by atoms with Gasteiger partial charge < -0.3 is 23.8 Å². The van der Waals surface area contributed by atoms with Crippen molar-refractivity contribution >= 4 is 17.8 Å². The molecule has 0 radical (unpaired) electrons. The third-order valence-electron chi connectivity index (χ3n) is 5.60. The first kappa shape index (κ1) is 21.0. The zero-order chi connectivity index (χ0) is 21.5. The molecular formula is C25H30N3O3+. The summed E-state index contributed by atoms with van der Waals surface area (Å²) in [5.74, 6) is 2.58. The zero-order valence-electron chi connectivity index (χ0n) is 18.2. The molecule has 3 aromatic rings. The Kier molecular flexibility index (Phi) is 6.89. The van der Waals surface area contributed by atoms with Crippen LogP contribution in [0.1, 0.15) is 17.0 Å². The molecule has 0 unspecified atom stereocenters. The molecule has 0 bridgehead atoms. The van der Waals surface area contributed by atoms with Crippen molar-refractivity contribution in [2.75, 3.05) is 51.3 Å². The number of para-hydroxylation sites is 3. The van der Waals surface area contributed by atoms with Gasteiger partial charge in [0.1, 0.15) is 24.7 Å². The molecule has 31 heavy (non-hydrogen) atoms. The van der Waals surface area contributed by atoms with Crippen LogP contribution in [0.3, 0.4) is 0 Å². The summed E-state index contributed by atoms with van der Waals surface area (Å²) in [5, 5.41) is 3.92. The Hall–Kier alpha value is -3.25. The molecule has 0 amide bonds. The Morgan fingerprint density at radius 1 is 1.03 bits per heavy atom. The lowest BCUT2D eigenvalue weighted by molar-refractivity contribution is -0.900. The van der Waals surface area contributed by atoms with Gasteiger partial charge in [0, 0.05) is 11.6 Å². The third kappa shape index (κ3) is 5.47. The van der Waals surface area contributed by atoms with E-state index in [1.165, 1.54) is 5.69 Å². The summed E-state index contributed by atoms with van der Waals surface area (Å²) in [6, 6.07) is 18.2. The maximum absolute atomic E-state index is 6.13. The maximum Gasteiger partial charge on any atom is 0.159 e. The second kappa shape index (κ2) is 10.2. The van der Waals surface area contributed by atoms with Crippen molar-refractivity contribution in [3.63, 3.8) is 0 Å². The van der Waals surface area contributed by atoms with E-state index in [1.54, 1.807) is 12.0 Å². The molecule has 1 N–H and O–H groups in total. The highest BCUT2D eigenvalue weighted by Gasteiger charge is 2.22. The van der Waals surface area contributed by atoms with E-state index in [4.69, 9.17) is 14.0 Å². The van der Waals surface area contributed by atoms with E-state index in [0.717, 1.165) is 61.2 Å². The smallest absolute Gasteiger partial charge is 0.159 e. The molecule has 0 spiro atoms. The van der Waals surface area contributed by atoms with Gasteiger partial charge >= 0.3 is 0 Å². The van der Waals surface area contributed by atoms with Crippen LogP contribution in [-0.4, -0.2) is 51.6 Å². The number of nitrogens with one attached hydrogen (secondary N) is 1. The molecule has 2 aromatic carbocycles. The highest BCUT2D eigenvalue weighted by Crippen LogP contribution is 2.27. The average molecular weight is 421 g/mol. The summed E-state index contributed by atoms with van der Waals surface area (Å²) in [5.41, 5.74) is 3.09. The van der Waals surface area contributed by atoms with Gasteiger partial charge in [-0.25, -0.2) is 0 Å². The molecule has 1 fully saturated rings. The molecule has 162 valence electrons. The molecule has 0 atom stereocenters. The Labute approximate surface area is 183 Å². The van der Waals surface area contributed by atoms with Crippen LogP contribution in [0.5, 0.6) is 11.5 Å². The quantitative estimate of drug-likeness (QED) is 0.607. The van der Waals surface area contributed by atoms with Crippen LogP contribution >= 0.6 is 0 Å². The molecule has 1 saturated heterocycles. The predicted octanol–water partition coefficient (Wildman–Crippen LogP) is 2.95. The van der Waals surface area contributed by atoms with Crippen molar-refractivity contribution in [2.24, 2.45) is 0 Å². The van der Waals surface area contributed by atoms with Gasteiger partial charge in [0.15, 0.2) is 5.76 Å². The summed E-state index contributed by atoms with van der Waals surface area (Å²) in [6.07, 6.45) is 3.93. The topological polar surface area (TPSA) is 52.2 Å². The fourth-order valence-electron chi connectivity index (χ4n) is 3.89. The van der Waals surface area contributed by atoms with Crippen molar-refractivity contribution < 1.29 is 18.9 Å². The fourth-order valence-corrected chi connectivity index (χ4v) is 3.89. The van der Waals surface area contributed by atoms with Crippen LogP contribution in [0.25, 0.3) is 12.2 Å². The Balaban J connectivity index is 1.27. The van der Waals surface area contributed by atoms with Gasteiger partial charge in [0.25, 0.3) is 0 Å². The van der Waals surface area contributed by atoms with E-state index in [9.17, 15) is 0 Å². The van der Waals surface area contributed by atoms with Gasteiger partial charge in [-0.2, -0.15) is 0 Å². The van der Waals surface area contributed by atoms with E-state index in [2.05, 4.69) is 22.2 Å². The van der Waals surface area contributed by atoms with Crippen molar-refractivity contribution in [1.82, 2.24) is 5.16 Å². The summed E-state index contributed by atoms with van der Waals surface area (Å²) in [4.78, 5) is 3.98.